The number of phenols is 2. The molecule has 0 radical (unpaired) electrons. The molecule has 1 rings (SSSR count). The summed E-state index contributed by atoms with van der Waals surface area (Å²) in [4.78, 5) is 10.8. The minimum Gasteiger partial charge on any atom is -0.505 e. The van der Waals surface area contributed by atoms with E-state index in [-0.39, 0.29) is 11.4 Å². The highest BCUT2D eigenvalue weighted by Crippen LogP contribution is 2.40. The molecule has 0 fully saturated rings. The smallest absolute Gasteiger partial charge is 0.256 e. The number of benzene rings is 1. The molecule has 0 saturated carbocycles. The number of aromatic hydroxyl groups is 2. The van der Waals surface area contributed by atoms with Crippen LogP contribution in [0.5, 0.6) is 11.5 Å². The van der Waals surface area contributed by atoms with Crippen molar-refractivity contribution in [1.82, 2.24) is 0 Å². The van der Waals surface area contributed by atoms with Crippen molar-refractivity contribution in [3.8, 4) is 11.5 Å². The van der Waals surface area contributed by atoms with E-state index in [1.54, 1.807) is 0 Å². The van der Waals surface area contributed by atoms with Crippen LogP contribution in [0.4, 0.5) is 11.4 Å². The minimum atomic E-state index is -0.988. The molecule has 0 aliphatic carbocycles. The summed E-state index contributed by atoms with van der Waals surface area (Å²) >= 11 is 0. The molecule has 1 amide bonds. The van der Waals surface area contributed by atoms with Crippen molar-refractivity contribution in [1.29, 1.82) is 0 Å². The minimum absolute atomic E-state index is 0.0610. The highest BCUT2D eigenvalue weighted by Gasteiger charge is 2.21. The number of primary amides is 1. The zero-order valence-corrected chi connectivity index (χ0v) is 7.53. The van der Waals surface area contributed by atoms with Crippen molar-refractivity contribution in [3.63, 3.8) is 0 Å². The van der Waals surface area contributed by atoms with Crippen LogP contribution in [0.1, 0.15) is 15.9 Å². The Balaban J connectivity index is 3.68. The fourth-order valence-corrected chi connectivity index (χ4v) is 1.12. The number of hydrogen-bond donors (Lipinski definition) is 5. The Kier molecular flexibility index (Phi) is 2.13. The topological polar surface area (TPSA) is 136 Å². The first-order valence-corrected chi connectivity index (χ1v) is 3.77. The van der Waals surface area contributed by atoms with Crippen LogP contribution >= 0.6 is 0 Å². The molecule has 0 saturated heterocycles. The van der Waals surface area contributed by atoms with Gasteiger partial charge in [0, 0.05) is 5.56 Å². The van der Waals surface area contributed by atoms with Gasteiger partial charge in [-0.3, -0.25) is 4.79 Å². The molecular weight excluding hydrogens is 186 g/mol. The number of nitrogen functional groups attached to an aromatic ring is 2. The monoisotopic (exact) mass is 197 g/mol. The molecule has 0 spiro atoms. The van der Waals surface area contributed by atoms with E-state index < -0.39 is 23.0 Å². The molecule has 0 aliphatic rings. The van der Waals surface area contributed by atoms with Crippen molar-refractivity contribution in [2.45, 2.75) is 6.92 Å². The first kappa shape index (κ1) is 9.97. The van der Waals surface area contributed by atoms with E-state index in [0.29, 0.717) is 5.56 Å². The number of carbonyl (C=O) groups is 1. The Bertz CT molecular complexity index is 386. The third kappa shape index (κ3) is 1.17. The molecule has 14 heavy (non-hydrogen) atoms. The Morgan fingerprint density at radius 2 is 1.50 bits per heavy atom. The third-order valence-electron chi connectivity index (χ3n) is 2.04. The van der Waals surface area contributed by atoms with E-state index in [1.807, 2.05) is 0 Å². The quantitative estimate of drug-likeness (QED) is 0.238. The normalized spacial score (nSPS) is 10.1. The van der Waals surface area contributed by atoms with Gasteiger partial charge < -0.3 is 27.4 Å². The lowest BCUT2D eigenvalue weighted by molar-refractivity contribution is 0.0995. The van der Waals surface area contributed by atoms with Gasteiger partial charge in [0.15, 0.2) is 11.5 Å². The number of anilines is 2. The molecule has 0 aliphatic heterocycles. The second-order valence-corrected chi connectivity index (χ2v) is 2.89. The Morgan fingerprint density at radius 3 is 1.79 bits per heavy atom. The zero-order chi connectivity index (χ0) is 11.0. The van der Waals surface area contributed by atoms with E-state index in [4.69, 9.17) is 17.2 Å². The molecule has 0 heterocycles. The molecular formula is C8H11N3O3. The standard InChI is InChI=1S/C8H11N3O3/c1-2-4(9)6(12)3(8(11)14)7(13)5(2)10/h12-13H,9-10H2,1H3,(H2,11,14). The molecule has 6 nitrogen and oxygen atoms in total. The van der Waals surface area contributed by atoms with E-state index in [9.17, 15) is 15.0 Å². The van der Waals surface area contributed by atoms with Gasteiger partial charge in [0.1, 0.15) is 5.56 Å². The van der Waals surface area contributed by atoms with Gasteiger partial charge in [-0.25, -0.2) is 0 Å². The van der Waals surface area contributed by atoms with Crippen LogP contribution in [0.15, 0.2) is 0 Å². The fourth-order valence-electron chi connectivity index (χ4n) is 1.12. The average molecular weight is 197 g/mol. The number of amides is 1. The molecule has 0 aromatic heterocycles. The molecule has 76 valence electrons. The summed E-state index contributed by atoms with van der Waals surface area (Å²) in [5.74, 6) is -2.07. The van der Waals surface area contributed by atoms with Crippen LogP contribution in [0.2, 0.25) is 0 Å². The second-order valence-electron chi connectivity index (χ2n) is 2.89. The van der Waals surface area contributed by atoms with Crippen molar-refractivity contribution < 1.29 is 15.0 Å². The van der Waals surface area contributed by atoms with Crippen molar-refractivity contribution >= 4 is 17.3 Å². The van der Waals surface area contributed by atoms with Crippen LogP contribution in [-0.4, -0.2) is 16.1 Å². The largest absolute Gasteiger partial charge is 0.505 e. The van der Waals surface area contributed by atoms with Crippen LogP contribution in [0, 0.1) is 6.92 Å². The van der Waals surface area contributed by atoms with Gasteiger partial charge >= 0.3 is 0 Å². The average Bonchev–Trinajstić information content (AvgIpc) is 2.11. The number of carbonyl (C=O) groups excluding carboxylic acids is 1. The summed E-state index contributed by atoms with van der Waals surface area (Å²) in [7, 11) is 0. The van der Waals surface area contributed by atoms with E-state index in [2.05, 4.69) is 0 Å². The molecule has 6 heteroatoms. The highest BCUT2D eigenvalue weighted by atomic mass is 16.3. The van der Waals surface area contributed by atoms with E-state index in [0.717, 1.165) is 0 Å². The second kappa shape index (κ2) is 2.99. The summed E-state index contributed by atoms with van der Waals surface area (Å²) in [6, 6.07) is 0. The Morgan fingerprint density at radius 1 is 1.14 bits per heavy atom. The predicted molar refractivity (Wildman–Crippen MR) is 51.9 cm³/mol. The first-order valence-electron chi connectivity index (χ1n) is 3.77. The number of hydrogen-bond acceptors (Lipinski definition) is 5. The highest BCUT2D eigenvalue weighted by molar-refractivity contribution is 6.03. The number of nitrogens with two attached hydrogens (primary N) is 3. The first-order chi connectivity index (χ1) is 6.37. The van der Waals surface area contributed by atoms with Crippen LogP contribution < -0.4 is 17.2 Å². The summed E-state index contributed by atoms with van der Waals surface area (Å²) in [6.45, 7) is 1.51. The maximum Gasteiger partial charge on any atom is 0.256 e. The predicted octanol–water partition coefficient (Wildman–Crippen LogP) is -0.330. The van der Waals surface area contributed by atoms with Gasteiger partial charge in [-0.2, -0.15) is 0 Å². The van der Waals surface area contributed by atoms with Crippen molar-refractivity contribution in [2.24, 2.45) is 5.73 Å². The Hall–Kier alpha value is -2.11. The molecule has 8 N–H and O–H groups in total. The van der Waals surface area contributed by atoms with Gasteiger partial charge in [-0.15, -0.1) is 0 Å². The lowest BCUT2D eigenvalue weighted by atomic mass is 10.0. The number of rotatable bonds is 1. The van der Waals surface area contributed by atoms with Gasteiger partial charge in [-0.05, 0) is 6.92 Å². The van der Waals surface area contributed by atoms with E-state index >= 15 is 0 Å². The van der Waals surface area contributed by atoms with Crippen LogP contribution in [-0.2, 0) is 0 Å². The van der Waals surface area contributed by atoms with E-state index in [1.165, 1.54) is 6.92 Å². The molecule has 0 atom stereocenters. The lowest BCUT2D eigenvalue weighted by Crippen LogP contribution is -2.14. The van der Waals surface area contributed by atoms with Gasteiger partial charge in [0.05, 0.1) is 11.4 Å². The van der Waals surface area contributed by atoms with Crippen LogP contribution in [0.3, 0.4) is 0 Å². The van der Waals surface area contributed by atoms with Gasteiger partial charge in [0.25, 0.3) is 5.91 Å². The van der Waals surface area contributed by atoms with Crippen molar-refractivity contribution in [3.05, 3.63) is 11.1 Å². The summed E-state index contributed by atoms with van der Waals surface area (Å²) in [5, 5.41) is 18.8. The van der Waals surface area contributed by atoms with Crippen LogP contribution in [0.25, 0.3) is 0 Å². The summed E-state index contributed by atoms with van der Waals surface area (Å²) in [5.41, 5.74) is 15.6. The molecule has 1 aromatic rings. The Labute approximate surface area is 79.9 Å². The molecule has 0 bridgehead atoms. The summed E-state index contributed by atoms with van der Waals surface area (Å²) < 4.78 is 0. The SMILES string of the molecule is Cc1c(N)c(O)c(C(N)=O)c(O)c1N. The van der Waals surface area contributed by atoms with Gasteiger partial charge in [0.2, 0.25) is 0 Å². The zero-order valence-electron chi connectivity index (χ0n) is 7.53. The molecule has 1 aromatic carbocycles. The fraction of sp³-hybridized carbons (Fsp3) is 0.125. The summed E-state index contributed by atoms with van der Waals surface area (Å²) in [6.07, 6.45) is 0. The van der Waals surface area contributed by atoms with Gasteiger partial charge in [-0.1, -0.05) is 0 Å². The maximum atomic E-state index is 10.8. The van der Waals surface area contributed by atoms with Crippen molar-refractivity contribution in [2.75, 3.05) is 11.5 Å². The maximum absolute atomic E-state index is 10.8. The lowest BCUT2D eigenvalue weighted by Gasteiger charge is -2.12. The molecule has 0 unspecified atom stereocenters. The third-order valence-corrected chi connectivity index (χ3v) is 2.04.